The first-order valence-corrected chi connectivity index (χ1v) is 16.9. The monoisotopic (exact) mass is 561 g/mol. The number of unbranched alkanes of at least 4 members (excludes halogenated alkanes) is 22. The summed E-state index contributed by atoms with van der Waals surface area (Å²) in [5, 5.41) is 47.5. The number of aliphatic hydroxyl groups is 5. The van der Waals surface area contributed by atoms with Crippen LogP contribution < -0.4 is 0 Å². The highest BCUT2D eigenvalue weighted by molar-refractivity contribution is 4.78. The van der Waals surface area contributed by atoms with Gasteiger partial charge in [-0.15, -0.1) is 0 Å². The molecule has 0 spiro atoms. The Labute approximate surface area is 242 Å². The molecule has 6 nitrogen and oxygen atoms in total. The van der Waals surface area contributed by atoms with Crippen LogP contribution in [0.5, 0.6) is 0 Å². The van der Waals surface area contributed by atoms with Gasteiger partial charge in [0.1, 0.15) is 6.10 Å². The third kappa shape index (κ3) is 29.1. The largest absolute Gasteiger partial charge is 0.396 e. The minimum Gasteiger partial charge on any atom is -0.396 e. The molecule has 0 aliphatic heterocycles. The van der Waals surface area contributed by atoms with Gasteiger partial charge in [-0.2, -0.15) is 0 Å². The van der Waals surface area contributed by atoms with E-state index in [0.29, 0.717) is 13.2 Å². The second-order valence-corrected chi connectivity index (χ2v) is 12.0. The van der Waals surface area contributed by atoms with E-state index in [-0.39, 0.29) is 19.8 Å². The summed E-state index contributed by atoms with van der Waals surface area (Å²) < 4.78 is 5.59. The highest BCUT2D eigenvalue weighted by Gasteiger charge is 2.26. The predicted octanol–water partition coefficient (Wildman–Crippen LogP) is 7.21. The molecule has 5 N–H and O–H groups in total. The van der Waals surface area contributed by atoms with Gasteiger partial charge in [0.2, 0.25) is 0 Å². The van der Waals surface area contributed by atoms with E-state index in [4.69, 9.17) is 20.1 Å². The zero-order valence-electron chi connectivity index (χ0n) is 25.6. The number of ether oxygens (including phenoxy) is 1. The van der Waals surface area contributed by atoms with E-state index < -0.39 is 11.7 Å². The number of rotatable bonds is 33. The lowest BCUT2D eigenvalue weighted by molar-refractivity contribution is -0.0815. The van der Waals surface area contributed by atoms with Gasteiger partial charge < -0.3 is 30.3 Å². The maximum Gasteiger partial charge on any atom is 0.100 e. The molecule has 0 rings (SSSR count). The van der Waals surface area contributed by atoms with Crippen LogP contribution in [0.15, 0.2) is 0 Å². The predicted molar refractivity (Wildman–Crippen MR) is 163 cm³/mol. The molecule has 0 aliphatic rings. The normalized spacial score (nSPS) is 12.8. The van der Waals surface area contributed by atoms with Gasteiger partial charge in [-0.1, -0.05) is 141 Å². The molecule has 0 bridgehead atoms. The van der Waals surface area contributed by atoms with E-state index in [1.807, 2.05) is 0 Å². The highest BCUT2D eigenvalue weighted by Crippen LogP contribution is 2.24. The van der Waals surface area contributed by atoms with Crippen LogP contribution in [0.3, 0.4) is 0 Å². The van der Waals surface area contributed by atoms with Crippen molar-refractivity contribution in [1.82, 2.24) is 0 Å². The van der Waals surface area contributed by atoms with Gasteiger partial charge in [0.05, 0.1) is 25.4 Å². The lowest BCUT2D eigenvalue weighted by atomic mass is 9.90. The molecule has 0 saturated heterocycles. The minimum atomic E-state index is -0.879. The SMILES string of the molecule is OCCCCCCCCCCCCCCC(O)(CCCCCCCCCCCCCCO)COCC(O)CO. The zero-order chi connectivity index (χ0) is 28.7. The van der Waals surface area contributed by atoms with Crippen molar-refractivity contribution in [3.8, 4) is 0 Å². The fourth-order valence-corrected chi connectivity index (χ4v) is 5.37. The zero-order valence-corrected chi connectivity index (χ0v) is 25.6. The van der Waals surface area contributed by atoms with Gasteiger partial charge in [0.15, 0.2) is 0 Å². The van der Waals surface area contributed by atoms with Gasteiger partial charge in [0, 0.05) is 13.2 Å². The van der Waals surface area contributed by atoms with Crippen molar-refractivity contribution in [3.05, 3.63) is 0 Å². The molecule has 236 valence electrons. The Balaban J connectivity index is 3.91. The van der Waals surface area contributed by atoms with E-state index in [1.165, 1.54) is 103 Å². The van der Waals surface area contributed by atoms with E-state index in [9.17, 15) is 10.2 Å². The molecular formula is C33H68O6. The molecular weight excluding hydrogens is 492 g/mol. The Kier molecular flexibility index (Phi) is 30.5. The highest BCUT2D eigenvalue weighted by atomic mass is 16.5. The molecule has 6 heteroatoms. The van der Waals surface area contributed by atoms with Crippen LogP contribution >= 0.6 is 0 Å². The topological polar surface area (TPSA) is 110 Å². The van der Waals surface area contributed by atoms with E-state index in [2.05, 4.69) is 0 Å². The molecule has 0 saturated carbocycles. The van der Waals surface area contributed by atoms with Gasteiger partial charge in [-0.3, -0.25) is 0 Å². The van der Waals surface area contributed by atoms with Crippen molar-refractivity contribution >= 4 is 0 Å². The Morgan fingerprint density at radius 2 is 0.718 bits per heavy atom. The molecule has 0 aromatic rings. The quantitative estimate of drug-likeness (QED) is 0.0542. The Bertz CT molecular complexity index is 431. The van der Waals surface area contributed by atoms with Gasteiger partial charge in [0.25, 0.3) is 0 Å². The van der Waals surface area contributed by atoms with Gasteiger partial charge in [-0.05, 0) is 25.7 Å². The van der Waals surface area contributed by atoms with Crippen LogP contribution in [0.2, 0.25) is 0 Å². The summed E-state index contributed by atoms with van der Waals surface area (Å²) in [6.07, 6.45) is 29.7. The number of hydrogen-bond donors (Lipinski definition) is 5. The molecule has 0 amide bonds. The van der Waals surface area contributed by atoms with Crippen LogP contribution in [-0.4, -0.2) is 70.3 Å². The molecule has 0 heterocycles. The molecule has 1 atom stereocenters. The van der Waals surface area contributed by atoms with Crippen LogP contribution in [0, 0.1) is 0 Å². The average Bonchev–Trinajstić information content (AvgIpc) is 2.93. The summed E-state index contributed by atoms with van der Waals surface area (Å²) in [7, 11) is 0. The van der Waals surface area contributed by atoms with Crippen LogP contribution in [-0.2, 0) is 4.74 Å². The molecule has 39 heavy (non-hydrogen) atoms. The Hall–Kier alpha value is -0.240. The Morgan fingerprint density at radius 3 is 1.00 bits per heavy atom. The van der Waals surface area contributed by atoms with Crippen molar-refractivity contribution in [1.29, 1.82) is 0 Å². The van der Waals surface area contributed by atoms with Gasteiger partial charge in [-0.25, -0.2) is 0 Å². The first-order chi connectivity index (χ1) is 19.1. The number of hydrogen-bond acceptors (Lipinski definition) is 6. The summed E-state index contributed by atoms with van der Waals surface area (Å²) in [6, 6.07) is 0. The van der Waals surface area contributed by atoms with Gasteiger partial charge >= 0.3 is 0 Å². The summed E-state index contributed by atoms with van der Waals surface area (Å²) in [5.74, 6) is 0. The van der Waals surface area contributed by atoms with E-state index >= 15 is 0 Å². The van der Waals surface area contributed by atoms with E-state index in [1.54, 1.807) is 0 Å². The van der Waals surface area contributed by atoms with E-state index in [0.717, 1.165) is 64.2 Å². The standard InChI is InChI=1S/C33H68O6/c34-27-23-19-15-11-7-3-1-5-9-13-17-21-25-33(38,31-39-30-32(37)29-36)26-22-18-14-10-6-2-4-8-12-16-20-24-28-35/h32,34-38H,1-31H2. The fraction of sp³-hybridized carbons (Fsp3) is 1.00. The molecule has 0 aromatic carbocycles. The number of aliphatic hydroxyl groups excluding tert-OH is 4. The van der Waals surface area contributed by atoms with Crippen molar-refractivity contribution < 1.29 is 30.3 Å². The van der Waals surface area contributed by atoms with Crippen LogP contribution in [0.25, 0.3) is 0 Å². The summed E-state index contributed by atoms with van der Waals surface area (Å²) in [6.45, 7) is 0.645. The average molecular weight is 561 g/mol. The minimum absolute atomic E-state index is 0.0711. The van der Waals surface area contributed by atoms with Crippen LogP contribution in [0.4, 0.5) is 0 Å². The smallest absolute Gasteiger partial charge is 0.100 e. The van der Waals surface area contributed by atoms with Crippen molar-refractivity contribution in [2.75, 3.05) is 33.0 Å². The molecule has 0 aromatic heterocycles. The van der Waals surface area contributed by atoms with Crippen molar-refractivity contribution in [3.63, 3.8) is 0 Å². The second kappa shape index (κ2) is 30.7. The maximum atomic E-state index is 11.3. The summed E-state index contributed by atoms with van der Waals surface area (Å²) in [5.41, 5.74) is -0.832. The lowest BCUT2D eigenvalue weighted by Crippen LogP contribution is -2.36. The fourth-order valence-electron chi connectivity index (χ4n) is 5.37. The first-order valence-electron chi connectivity index (χ1n) is 16.9. The summed E-state index contributed by atoms with van der Waals surface area (Å²) >= 11 is 0. The molecule has 0 radical (unpaired) electrons. The summed E-state index contributed by atoms with van der Waals surface area (Å²) in [4.78, 5) is 0. The van der Waals surface area contributed by atoms with Crippen LogP contribution in [0.1, 0.15) is 167 Å². The third-order valence-corrected chi connectivity index (χ3v) is 7.99. The first kappa shape index (κ1) is 38.8. The molecule has 0 aliphatic carbocycles. The molecule has 1 unspecified atom stereocenters. The Morgan fingerprint density at radius 1 is 0.436 bits per heavy atom. The molecule has 0 fully saturated rings. The maximum absolute atomic E-state index is 11.3. The lowest BCUT2D eigenvalue weighted by Gasteiger charge is -2.28. The second-order valence-electron chi connectivity index (χ2n) is 12.0. The third-order valence-electron chi connectivity index (χ3n) is 7.99. The van der Waals surface area contributed by atoms with Crippen molar-refractivity contribution in [2.24, 2.45) is 0 Å². The van der Waals surface area contributed by atoms with Crippen molar-refractivity contribution in [2.45, 2.75) is 179 Å².